The van der Waals surface area contributed by atoms with Crippen molar-refractivity contribution in [3.05, 3.63) is 83.9 Å². The van der Waals surface area contributed by atoms with E-state index in [2.05, 4.69) is 15.5 Å². The minimum Gasteiger partial charge on any atom is -0.489 e. The quantitative estimate of drug-likeness (QED) is 0.527. The number of benzene rings is 2. The summed E-state index contributed by atoms with van der Waals surface area (Å²) in [7, 11) is 0. The van der Waals surface area contributed by atoms with E-state index in [-0.39, 0.29) is 12.5 Å². The fourth-order valence-corrected chi connectivity index (χ4v) is 2.33. The Morgan fingerprint density at radius 1 is 1.19 bits per heavy atom. The minimum atomic E-state index is -0.204. The van der Waals surface area contributed by atoms with Gasteiger partial charge in [0.25, 0.3) is 5.91 Å². The highest BCUT2D eigenvalue weighted by atomic mass is 16.5. The topological polar surface area (TPSA) is 68.5 Å². The van der Waals surface area contributed by atoms with Crippen molar-refractivity contribution in [2.75, 3.05) is 0 Å². The molecule has 2 aromatic carbocycles. The lowest BCUT2D eigenvalue weighted by molar-refractivity contribution is -0.121. The molecule has 1 N–H and O–H groups in total. The second-order valence-electron chi connectivity index (χ2n) is 5.74. The first-order chi connectivity index (χ1) is 12.7. The van der Waals surface area contributed by atoms with Gasteiger partial charge in [-0.3, -0.25) is 4.79 Å². The van der Waals surface area contributed by atoms with Crippen LogP contribution in [0.5, 0.6) is 5.75 Å². The van der Waals surface area contributed by atoms with E-state index < -0.39 is 0 Å². The van der Waals surface area contributed by atoms with Gasteiger partial charge >= 0.3 is 0 Å². The van der Waals surface area contributed by atoms with Crippen molar-refractivity contribution in [2.45, 2.75) is 20.1 Å². The number of imidazole rings is 1. The monoisotopic (exact) mass is 348 g/mol. The summed E-state index contributed by atoms with van der Waals surface area (Å²) in [6.45, 7) is 2.56. The molecular weight excluding hydrogens is 328 g/mol. The molecule has 0 aliphatic rings. The molecule has 3 rings (SSSR count). The Labute approximate surface area is 152 Å². The fourth-order valence-electron chi connectivity index (χ4n) is 2.33. The predicted molar refractivity (Wildman–Crippen MR) is 99.9 cm³/mol. The van der Waals surface area contributed by atoms with Crippen LogP contribution in [0.1, 0.15) is 17.0 Å². The Balaban J connectivity index is 1.47. The third-order valence-corrected chi connectivity index (χ3v) is 3.77. The van der Waals surface area contributed by atoms with Crippen LogP contribution in [-0.4, -0.2) is 21.7 Å². The first kappa shape index (κ1) is 17.4. The van der Waals surface area contributed by atoms with E-state index in [0.717, 1.165) is 22.7 Å². The molecule has 0 saturated carbocycles. The molecule has 0 saturated heterocycles. The van der Waals surface area contributed by atoms with Gasteiger partial charge in [0.05, 0.1) is 6.21 Å². The van der Waals surface area contributed by atoms with Crippen LogP contribution in [0.25, 0.3) is 0 Å². The van der Waals surface area contributed by atoms with Gasteiger partial charge in [-0.05, 0) is 42.3 Å². The molecule has 6 heteroatoms. The number of rotatable bonds is 7. The van der Waals surface area contributed by atoms with E-state index in [1.54, 1.807) is 23.2 Å². The zero-order valence-corrected chi connectivity index (χ0v) is 14.5. The van der Waals surface area contributed by atoms with Crippen LogP contribution in [0.15, 0.2) is 72.1 Å². The Morgan fingerprint density at radius 2 is 1.96 bits per heavy atom. The number of ether oxygens (including phenoxy) is 1. The van der Waals surface area contributed by atoms with Gasteiger partial charge in [0.1, 0.15) is 24.7 Å². The van der Waals surface area contributed by atoms with Crippen LogP contribution < -0.4 is 10.2 Å². The van der Waals surface area contributed by atoms with E-state index in [0.29, 0.717) is 6.61 Å². The van der Waals surface area contributed by atoms with Crippen molar-refractivity contribution < 1.29 is 9.53 Å². The lowest BCUT2D eigenvalue weighted by Crippen LogP contribution is -2.23. The smallest absolute Gasteiger partial charge is 0.260 e. The van der Waals surface area contributed by atoms with Crippen molar-refractivity contribution in [1.29, 1.82) is 0 Å². The standard InChI is InChI=1S/C20H20N4O2/c1-16-21-11-12-24(16)14-20(25)23-22-13-17-7-9-19(10-8-17)26-15-18-5-3-2-4-6-18/h2-13H,14-15H2,1H3,(H,23,25)/b22-13+. The number of hydrazone groups is 1. The number of carbonyl (C=O) groups is 1. The first-order valence-electron chi connectivity index (χ1n) is 8.27. The van der Waals surface area contributed by atoms with Crippen molar-refractivity contribution in [3.8, 4) is 5.75 Å². The molecule has 132 valence electrons. The lowest BCUT2D eigenvalue weighted by atomic mass is 10.2. The second-order valence-corrected chi connectivity index (χ2v) is 5.74. The zero-order valence-electron chi connectivity index (χ0n) is 14.5. The van der Waals surface area contributed by atoms with Crippen LogP contribution in [-0.2, 0) is 17.9 Å². The molecule has 0 atom stereocenters. The number of hydrogen-bond donors (Lipinski definition) is 1. The summed E-state index contributed by atoms with van der Waals surface area (Å²) >= 11 is 0. The maximum absolute atomic E-state index is 11.8. The number of aromatic nitrogens is 2. The molecule has 0 unspecified atom stereocenters. The Morgan fingerprint density at radius 3 is 2.65 bits per heavy atom. The third-order valence-electron chi connectivity index (χ3n) is 3.77. The first-order valence-corrected chi connectivity index (χ1v) is 8.27. The molecule has 1 amide bonds. The largest absolute Gasteiger partial charge is 0.489 e. The summed E-state index contributed by atoms with van der Waals surface area (Å²) in [6.07, 6.45) is 5.01. The van der Waals surface area contributed by atoms with Gasteiger partial charge in [-0.2, -0.15) is 5.10 Å². The molecule has 3 aromatic rings. The number of carbonyl (C=O) groups excluding carboxylic acids is 1. The molecule has 1 heterocycles. The summed E-state index contributed by atoms with van der Waals surface area (Å²) < 4.78 is 7.49. The minimum absolute atomic E-state index is 0.190. The maximum Gasteiger partial charge on any atom is 0.260 e. The molecule has 1 aromatic heterocycles. The van der Waals surface area contributed by atoms with Gasteiger partial charge < -0.3 is 9.30 Å². The fraction of sp³-hybridized carbons (Fsp3) is 0.150. The number of aryl methyl sites for hydroxylation is 1. The number of nitrogens with zero attached hydrogens (tertiary/aromatic N) is 3. The van der Waals surface area contributed by atoms with E-state index in [1.165, 1.54) is 0 Å². The zero-order chi connectivity index (χ0) is 18.2. The van der Waals surface area contributed by atoms with E-state index in [1.807, 2.05) is 61.5 Å². The number of nitrogens with one attached hydrogen (secondary N) is 1. The van der Waals surface area contributed by atoms with E-state index in [4.69, 9.17) is 4.74 Å². The normalized spacial score (nSPS) is 10.8. The average Bonchev–Trinajstić information content (AvgIpc) is 3.06. The lowest BCUT2D eigenvalue weighted by Gasteiger charge is -2.06. The average molecular weight is 348 g/mol. The molecule has 0 spiro atoms. The summed E-state index contributed by atoms with van der Waals surface area (Å²) in [6, 6.07) is 17.5. The molecule has 0 bridgehead atoms. The van der Waals surface area contributed by atoms with Crippen molar-refractivity contribution >= 4 is 12.1 Å². The van der Waals surface area contributed by atoms with Crippen molar-refractivity contribution in [3.63, 3.8) is 0 Å². The van der Waals surface area contributed by atoms with Gasteiger partial charge in [-0.1, -0.05) is 30.3 Å². The van der Waals surface area contributed by atoms with Gasteiger partial charge in [-0.15, -0.1) is 0 Å². The van der Waals surface area contributed by atoms with E-state index >= 15 is 0 Å². The molecule has 0 radical (unpaired) electrons. The molecular formula is C20H20N4O2. The van der Waals surface area contributed by atoms with Crippen LogP contribution in [0.2, 0.25) is 0 Å². The van der Waals surface area contributed by atoms with Crippen molar-refractivity contribution in [2.24, 2.45) is 5.10 Å². The Bertz CT molecular complexity index is 870. The van der Waals surface area contributed by atoms with Crippen LogP contribution >= 0.6 is 0 Å². The molecule has 26 heavy (non-hydrogen) atoms. The van der Waals surface area contributed by atoms with Gasteiger partial charge in [0.15, 0.2) is 0 Å². The Hall–Kier alpha value is -3.41. The number of amides is 1. The second kappa shape index (κ2) is 8.62. The maximum atomic E-state index is 11.8. The highest BCUT2D eigenvalue weighted by molar-refractivity contribution is 5.82. The summed E-state index contributed by atoms with van der Waals surface area (Å²) in [5.41, 5.74) is 4.50. The summed E-state index contributed by atoms with van der Waals surface area (Å²) in [5, 5.41) is 3.98. The molecule has 0 aliphatic carbocycles. The van der Waals surface area contributed by atoms with Crippen LogP contribution in [0, 0.1) is 6.92 Å². The van der Waals surface area contributed by atoms with Gasteiger partial charge in [0.2, 0.25) is 0 Å². The molecule has 0 fully saturated rings. The van der Waals surface area contributed by atoms with Crippen LogP contribution in [0.4, 0.5) is 0 Å². The highest BCUT2D eigenvalue weighted by Crippen LogP contribution is 2.13. The molecule has 0 aliphatic heterocycles. The van der Waals surface area contributed by atoms with E-state index in [9.17, 15) is 4.79 Å². The number of hydrogen-bond acceptors (Lipinski definition) is 4. The van der Waals surface area contributed by atoms with Gasteiger partial charge in [-0.25, -0.2) is 10.4 Å². The summed E-state index contributed by atoms with van der Waals surface area (Å²) in [4.78, 5) is 15.9. The van der Waals surface area contributed by atoms with Gasteiger partial charge in [0, 0.05) is 12.4 Å². The van der Waals surface area contributed by atoms with Crippen LogP contribution in [0.3, 0.4) is 0 Å². The summed E-state index contributed by atoms with van der Waals surface area (Å²) in [5.74, 6) is 1.37. The SMILES string of the molecule is Cc1nccn1CC(=O)N/N=C/c1ccc(OCc2ccccc2)cc1. The predicted octanol–water partition coefficient (Wildman–Crippen LogP) is 2.92. The Kier molecular flexibility index (Phi) is 5.77. The van der Waals surface area contributed by atoms with Crippen molar-refractivity contribution in [1.82, 2.24) is 15.0 Å². The molecule has 6 nitrogen and oxygen atoms in total. The third kappa shape index (κ3) is 5.04. The highest BCUT2D eigenvalue weighted by Gasteiger charge is 2.03.